The Morgan fingerprint density at radius 1 is 0.925 bits per heavy atom. The average molecular weight is 566 g/mol. The number of hydrogen-bond acceptors (Lipinski definition) is 5. The predicted molar refractivity (Wildman–Crippen MR) is 158 cm³/mol. The molecule has 40 heavy (non-hydrogen) atoms. The molecule has 1 N–H and O–H groups in total. The van der Waals surface area contributed by atoms with Crippen molar-refractivity contribution in [1.82, 2.24) is 10.2 Å². The van der Waals surface area contributed by atoms with Crippen molar-refractivity contribution in [3.8, 4) is 5.75 Å². The fraction of sp³-hybridized carbons (Fsp3) is 0.355. The van der Waals surface area contributed by atoms with Gasteiger partial charge in [-0.15, -0.1) is 0 Å². The maximum Gasteiger partial charge on any atom is 0.264 e. The second-order valence-electron chi connectivity index (χ2n) is 10.0. The summed E-state index contributed by atoms with van der Waals surface area (Å²) in [6, 6.07) is 20.0. The molecule has 0 saturated heterocycles. The van der Waals surface area contributed by atoms with Crippen LogP contribution in [-0.4, -0.2) is 50.9 Å². The number of anilines is 1. The average Bonchev–Trinajstić information content (AvgIpc) is 2.94. The van der Waals surface area contributed by atoms with E-state index in [0.29, 0.717) is 5.75 Å². The topological polar surface area (TPSA) is 96.0 Å². The number of rotatable bonds is 12. The fourth-order valence-corrected chi connectivity index (χ4v) is 5.59. The van der Waals surface area contributed by atoms with Gasteiger partial charge in [0, 0.05) is 12.6 Å². The number of carbonyl (C=O) groups excluding carboxylic acids is 2. The van der Waals surface area contributed by atoms with E-state index in [9.17, 15) is 18.0 Å². The third-order valence-electron chi connectivity index (χ3n) is 6.85. The summed E-state index contributed by atoms with van der Waals surface area (Å²) in [5.74, 6) is -0.513. The highest BCUT2D eigenvalue weighted by Gasteiger charge is 2.34. The lowest BCUT2D eigenvalue weighted by molar-refractivity contribution is -0.139. The Bertz CT molecular complexity index is 1410. The summed E-state index contributed by atoms with van der Waals surface area (Å²) in [4.78, 5) is 28.7. The van der Waals surface area contributed by atoms with E-state index in [2.05, 4.69) is 5.32 Å². The first-order valence-electron chi connectivity index (χ1n) is 13.4. The minimum Gasteiger partial charge on any atom is -0.495 e. The van der Waals surface area contributed by atoms with Gasteiger partial charge in [0.2, 0.25) is 11.8 Å². The van der Waals surface area contributed by atoms with E-state index < -0.39 is 28.5 Å². The van der Waals surface area contributed by atoms with Gasteiger partial charge in [0.1, 0.15) is 18.3 Å². The van der Waals surface area contributed by atoms with E-state index in [0.717, 1.165) is 27.4 Å². The van der Waals surface area contributed by atoms with Crippen LogP contribution in [0.2, 0.25) is 0 Å². The summed E-state index contributed by atoms with van der Waals surface area (Å²) in [7, 11) is -2.73. The van der Waals surface area contributed by atoms with Gasteiger partial charge in [0.05, 0.1) is 17.7 Å². The van der Waals surface area contributed by atoms with Crippen molar-refractivity contribution in [2.75, 3.05) is 18.0 Å². The molecule has 0 bridgehead atoms. The number of methoxy groups -OCH3 is 1. The van der Waals surface area contributed by atoms with Crippen LogP contribution in [-0.2, 0) is 26.2 Å². The molecule has 0 radical (unpaired) electrons. The molecule has 9 heteroatoms. The predicted octanol–water partition coefficient (Wildman–Crippen LogP) is 4.84. The van der Waals surface area contributed by atoms with Crippen molar-refractivity contribution in [2.24, 2.45) is 0 Å². The maximum absolute atomic E-state index is 14.0. The van der Waals surface area contributed by atoms with Crippen molar-refractivity contribution in [1.29, 1.82) is 0 Å². The molecular weight excluding hydrogens is 526 g/mol. The summed E-state index contributed by atoms with van der Waals surface area (Å²) in [5, 5.41) is 2.94. The quantitative estimate of drug-likeness (QED) is 0.339. The lowest BCUT2D eigenvalue weighted by Crippen LogP contribution is -2.52. The summed E-state index contributed by atoms with van der Waals surface area (Å²) in [5.41, 5.74) is 2.77. The molecule has 3 aromatic rings. The number of ether oxygens (including phenoxy) is 1. The van der Waals surface area contributed by atoms with Crippen LogP contribution >= 0.6 is 0 Å². The third kappa shape index (κ3) is 7.41. The van der Waals surface area contributed by atoms with Crippen LogP contribution in [0.1, 0.15) is 43.9 Å². The second kappa shape index (κ2) is 13.5. The maximum atomic E-state index is 14.0. The molecule has 0 saturated carbocycles. The minimum absolute atomic E-state index is 0.0478. The molecule has 8 nitrogen and oxygen atoms in total. The fourth-order valence-electron chi connectivity index (χ4n) is 4.17. The number of nitrogens with zero attached hydrogens (tertiary/aromatic N) is 2. The molecule has 3 rings (SSSR count). The molecule has 0 spiro atoms. The molecule has 0 aliphatic heterocycles. The van der Waals surface area contributed by atoms with Gasteiger partial charge < -0.3 is 15.0 Å². The molecule has 0 aromatic heterocycles. The summed E-state index contributed by atoms with van der Waals surface area (Å²) < 4.78 is 34.7. The summed E-state index contributed by atoms with van der Waals surface area (Å²) in [6.07, 6.45) is 0.737. The molecule has 0 fully saturated rings. The number of aryl methyl sites for hydroxylation is 2. The Hall–Kier alpha value is -3.85. The molecule has 0 heterocycles. The highest BCUT2D eigenvalue weighted by Crippen LogP contribution is 2.33. The zero-order chi connectivity index (χ0) is 29.4. The molecule has 0 aliphatic rings. The number of benzene rings is 3. The van der Waals surface area contributed by atoms with Crippen molar-refractivity contribution in [2.45, 2.75) is 64.6 Å². The second-order valence-corrected chi connectivity index (χ2v) is 11.9. The largest absolute Gasteiger partial charge is 0.495 e. The Labute approximate surface area is 238 Å². The van der Waals surface area contributed by atoms with Gasteiger partial charge in [-0.3, -0.25) is 13.9 Å². The minimum atomic E-state index is -4.19. The van der Waals surface area contributed by atoms with Crippen LogP contribution in [0, 0.1) is 13.8 Å². The van der Waals surface area contributed by atoms with E-state index in [4.69, 9.17) is 4.74 Å². The zero-order valence-electron chi connectivity index (χ0n) is 24.0. The van der Waals surface area contributed by atoms with E-state index in [1.807, 2.05) is 64.1 Å². The van der Waals surface area contributed by atoms with Crippen LogP contribution in [0.25, 0.3) is 0 Å². The highest BCUT2D eigenvalue weighted by atomic mass is 32.2. The third-order valence-corrected chi connectivity index (χ3v) is 8.63. The number of hydrogen-bond donors (Lipinski definition) is 1. The first-order chi connectivity index (χ1) is 19.0. The first-order valence-corrected chi connectivity index (χ1v) is 14.8. The zero-order valence-corrected chi connectivity index (χ0v) is 24.9. The van der Waals surface area contributed by atoms with Crippen LogP contribution in [0.15, 0.2) is 77.7 Å². The molecule has 0 unspecified atom stereocenters. The van der Waals surface area contributed by atoms with E-state index in [-0.39, 0.29) is 29.1 Å². The van der Waals surface area contributed by atoms with Crippen molar-refractivity contribution in [3.05, 3.63) is 89.5 Å². The Kier molecular flexibility index (Phi) is 10.3. The van der Waals surface area contributed by atoms with Gasteiger partial charge >= 0.3 is 0 Å². The lowest BCUT2D eigenvalue weighted by atomic mass is 10.1. The van der Waals surface area contributed by atoms with Crippen LogP contribution in [0.4, 0.5) is 5.69 Å². The molecule has 2 atom stereocenters. The van der Waals surface area contributed by atoms with E-state index in [1.165, 1.54) is 24.1 Å². The van der Waals surface area contributed by atoms with Crippen molar-refractivity contribution >= 4 is 27.5 Å². The van der Waals surface area contributed by atoms with Gasteiger partial charge in [0.15, 0.2) is 0 Å². The number of amides is 2. The number of carbonyl (C=O) groups is 2. The van der Waals surface area contributed by atoms with Gasteiger partial charge in [0.25, 0.3) is 10.0 Å². The highest BCUT2D eigenvalue weighted by molar-refractivity contribution is 7.92. The Morgan fingerprint density at radius 3 is 2.15 bits per heavy atom. The van der Waals surface area contributed by atoms with Crippen LogP contribution in [0.3, 0.4) is 0 Å². The molecular formula is C31H39N3O5S. The molecule has 0 aliphatic carbocycles. The van der Waals surface area contributed by atoms with E-state index in [1.54, 1.807) is 31.2 Å². The van der Waals surface area contributed by atoms with Gasteiger partial charge in [-0.25, -0.2) is 8.42 Å². The van der Waals surface area contributed by atoms with Gasteiger partial charge in [-0.2, -0.15) is 0 Å². The SMILES string of the molecule is CC[C@@H](C)NC(=O)[C@H](C)N(Cc1ccccc1)C(=O)CN(c1cc(C)ccc1OC)S(=O)(=O)c1ccc(C)cc1. The summed E-state index contributed by atoms with van der Waals surface area (Å²) >= 11 is 0. The number of nitrogens with one attached hydrogen (secondary N) is 1. The Balaban J connectivity index is 2.08. The normalized spacial score (nSPS) is 12.8. The number of sulfonamides is 1. The van der Waals surface area contributed by atoms with Gasteiger partial charge in [-0.05, 0) is 69.5 Å². The summed E-state index contributed by atoms with van der Waals surface area (Å²) in [6.45, 7) is 8.84. The molecule has 3 aromatic carbocycles. The molecule has 2 amide bonds. The van der Waals surface area contributed by atoms with Crippen molar-refractivity contribution in [3.63, 3.8) is 0 Å². The standard InChI is InChI=1S/C31H39N3O5S/c1-7-24(4)32-31(36)25(5)33(20-26-11-9-8-10-12-26)30(35)21-34(28-19-23(3)15-18-29(28)39-6)40(37,38)27-16-13-22(2)14-17-27/h8-19,24-25H,7,20-21H2,1-6H3,(H,32,36)/t24-,25+/m1/s1. The molecule has 214 valence electrons. The van der Waals surface area contributed by atoms with Gasteiger partial charge in [-0.1, -0.05) is 61.0 Å². The first kappa shape index (κ1) is 30.7. The van der Waals surface area contributed by atoms with Crippen molar-refractivity contribution < 1.29 is 22.7 Å². The lowest BCUT2D eigenvalue weighted by Gasteiger charge is -2.33. The Morgan fingerprint density at radius 2 is 1.55 bits per heavy atom. The van der Waals surface area contributed by atoms with Crippen LogP contribution < -0.4 is 14.4 Å². The van der Waals surface area contributed by atoms with Crippen LogP contribution in [0.5, 0.6) is 5.75 Å². The monoisotopic (exact) mass is 565 g/mol. The smallest absolute Gasteiger partial charge is 0.264 e. The van der Waals surface area contributed by atoms with E-state index >= 15 is 0 Å².